The van der Waals surface area contributed by atoms with Gasteiger partial charge in [0.15, 0.2) is 0 Å². The molecule has 1 aromatic carbocycles. The van der Waals surface area contributed by atoms with Gasteiger partial charge in [-0.3, -0.25) is 4.79 Å². The van der Waals surface area contributed by atoms with Gasteiger partial charge in [0.25, 0.3) is 5.91 Å². The van der Waals surface area contributed by atoms with Gasteiger partial charge in [0.05, 0.1) is 0 Å². The summed E-state index contributed by atoms with van der Waals surface area (Å²) >= 11 is 5.96. The second-order valence-corrected chi connectivity index (χ2v) is 7.21. The highest BCUT2D eigenvalue weighted by Crippen LogP contribution is 2.28. The quantitative estimate of drug-likeness (QED) is 0.520. The summed E-state index contributed by atoms with van der Waals surface area (Å²) in [5.74, 6) is 0.128. The number of alkyl halides is 1. The van der Waals surface area contributed by atoms with Crippen molar-refractivity contribution < 1.29 is 4.79 Å². The number of hydrogen-bond acceptors (Lipinski definition) is 1. The van der Waals surface area contributed by atoms with Crippen molar-refractivity contribution >= 4 is 44.4 Å². The molecule has 2 nitrogen and oxygen atoms in total. The number of halogens is 2. The summed E-state index contributed by atoms with van der Waals surface area (Å²) in [5, 5.41) is 0. The minimum atomic E-state index is 0.128. The summed E-state index contributed by atoms with van der Waals surface area (Å²) in [5.41, 5.74) is 0.781. The molecular weight excluding hydrogens is 405 g/mol. The summed E-state index contributed by atoms with van der Waals surface area (Å²) in [6, 6.07) is 8.10. The summed E-state index contributed by atoms with van der Waals surface area (Å²) in [7, 11) is 1.92. The summed E-state index contributed by atoms with van der Waals surface area (Å²) in [4.78, 5) is 14.7. The molecule has 1 aliphatic rings. The maximum Gasteiger partial charge on any atom is 0.253 e. The van der Waals surface area contributed by atoms with E-state index in [1.165, 1.54) is 12.8 Å². The van der Waals surface area contributed by atoms with Crippen LogP contribution in [-0.4, -0.2) is 28.7 Å². The fraction of sp³-hybridized carbons (Fsp3) is 0.500. The molecule has 0 aromatic heterocycles. The molecule has 98 valence electrons. The van der Waals surface area contributed by atoms with Gasteiger partial charge in [0.2, 0.25) is 0 Å². The molecule has 0 N–H and O–H groups in total. The van der Waals surface area contributed by atoms with Crippen LogP contribution in [0.25, 0.3) is 0 Å². The molecule has 1 amide bonds. The first-order valence-corrected chi connectivity index (χ1v) is 8.26. The molecule has 1 aliphatic carbocycles. The number of benzene rings is 1. The van der Waals surface area contributed by atoms with Crippen LogP contribution >= 0.6 is 38.5 Å². The molecule has 0 bridgehead atoms. The first kappa shape index (κ1) is 14.3. The van der Waals surface area contributed by atoms with Gasteiger partial charge < -0.3 is 4.90 Å². The highest BCUT2D eigenvalue weighted by atomic mass is 127. The van der Waals surface area contributed by atoms with E-state index in [4.69, 9.17) is 0 Å². The average molecular weight is 422 g/mol. The van der Waals surface area contributed by atoms with E-state index in [9.17, 15) is 4.79 Å². The lowest BCUT2D eigenvalue weighted by molar-refractivity contribution is 0.0705. The van der Waals surface area contributed by atoms with E-state index < -0.39 is 0 Å². The van der Waals surface area contributed by atoms with Crippen molar-refractivity contribution in [3.8, 4) is 0 Å². The van der Waals surface area contributed by atoms with Crippen molar-refractivity contribution in [1.29, 1.82) is 0 Å². The monoisotopic (exact) mass is 421 g/mol. The third-order valence-electron chi connectivity index (χ3n) is 3.56. The summed E-state index contributed by atoms with van der Waals surface area (Å²) < 4.78 is 1.16. The van der Waals surface area contributed by atoms with Crippen molar-refractivity contribution in [2.24, 2.45) is 0 Å². The Hall–Kier alpha value is -0.100. The molecule has 1 aromatic rings. The fourth-order valence-corrected chi connectivity index (χ4v) is 3.75. The van der Waals surface area contributed by atoms with E-state index in [2.05, 4.69) is 38.5 Å². The van der Waals surface area contributed by atoms with Crippen LogP contribution in [0.3, 0.4) is 0 Å². The van der Waals surface area contributed by atoms with E-state index in [0.717, 1.165) is 22.0 Å². The maximum absolute atomic E-state index is 12.4. The van der Waals surface area contributed by atoms with Gasteiger partial charge in [0.1, 0.15) is 0 Å². The normalized spacial score (nSPS) is 23.7. The van der Waals surface area contributed by atoms with Gasteiger partial charge in [-0.05, 0) is 59.7 Å². The number of carbonyl (C=O) groups excluding carboxylic acids is 1. The third-order valence-corrected chi connectivity index (χ3v) is 5.34. The van der Waals surface area contributed by atoms with Crippen molar-refractivity contribution in [3.05, 3.63) is 33.4 Å². The molecule has 0 radical (unpaired) electrons. The van der Waals surface area contributed by atoms with E-state index in [-0.39, 0.29) is 5.91 Å². The number of rotatable bonds is 2. The van der Waals surface area contributed by atoms with Gasteiger partial charge in [-0.1, -0.05) is 28.8 Å². The summed E-state index contributed by atoms with van der Waals surface area (Å²) in [6.07, 6.45) is 4.74. The zero-order valence-electron chi connectivity index (χ0n) is 10.4. The van der Waals surface area contributed by atoms with Crippen LogP contribution < -0.4 is 0 Å². The Bertz CT molecular complexity index is 420. The van der Waals surface area contributed by atoms with Crippen LogP contribution in [0.1, 0.15) is 36.0 Å². The highest BCUT2D eigenvalue weighted by molar-refractivity contribution is 14.1. The van der Waals surface area contributed by atoms with Gasteiger partial charge >= 0.3 is 0 Å². The summed E-state index contributed by atoms with van der Waals surface area (Å²) in [6.45, 7) is 0. The third kappa shape index (κ3) is 3.26. The van der Waals surface area contributed by atoms with Crippen LogP contribution in [0.4, 0.5) is 0 Å². The van der Waals surface area contributed by atoms with Gasteiger partial charge in [-0.25, -0.2) is 0 Å². The largest absolute Gasteiger partial charge is 0.338 e. The van der Waals surface area contributed by atoms with Crippen molar-refractivity contribution in [2.75, 3.05) is 7.05 Å². The Morgan fingerprint density at radius 3 is 2.50 bits per heavy atom. The van der Waals surface area contributed by atoms with Gasteiger partial charge in [-0.15, -0.1) is 0 Å². The minimum absolute atomic E-state index is 0.128. The Labute approximate surface area is 130 Å². The number of carbonyl (C=O) groups is 1. The lowest BCUT2D eigenvalue weighted by Crippen LogP contribution is -2.44. The Balaban J connectivity index is 2.10. The van der Waals surface area contributed by atoms with Crippen molar-refractivity contribution in [2.45, 2.75) is 36.6 Å². The average Bonchev–Trinajstić information content (AvgIpc) is 2.38. The van der Waals surface area contributed by atoms with Crippen molar-refractivity contribution in [1.82, 2.24) is 4.90 Å². The lowest BCUT2D eigenvalue weighted by Gasteiger charge is -2.35. The predicted molar refractivity (Wildman–Crippen MR) is 86.2 cm³/mol. The SMILES string of the molecule is CN(C(=O)c1ccc(I)cc1)C1CCCCC1Br. The van der Waals surface area contributed by atoms with Crippen LogP contribution in [0.2, 0.25) is 0 Å². The smallest absolute Gasteiger partial charge is 0.253 e. The second-order valence-electron chi connectivity index (χ2n) is 4.79. The Morgan fingerprint density at radius 1 is 1.28 bits per heavy atom. The van der Waals surface area contributed by atoms with E-state index in [1.807, 2.05) is 36.2 Å². The molecule has 0 aliphatic heterocycles. The fourth-order valence-electron chi connectivity index (χ4n) is 2.45. The van der Waals surface area contributed by atoms with Crippen LogP contribution in [-0.2, 0) is 0 Å². The Morgan fingerprint density at radius 2 is 1.89 bits per heavy atom. The van der Waals surface area contributed by atoms with E-state index >= 15 is 0 Å². The van der Waals surface area contributed by atoms with E-state index in [0.29, 0.717) is 10.9 Å². The molecule has 0 heterocycles. The number of amides is 1. The molecule has 0 spiro atoms. The molecular formula is C14H17BrINO. The molecule has 2 unspecified atom stereocenters. The first-order valence-electron chi connectivity index (χ1n) is 6.26. The topological polar surface area (TPSA) is 20.3 Å². The van der Waals surface area contributed by atoms with E-state index in [1.54, 1.807) is 0 Å². The molecule has 0 saturated heterocycles. The lowest BCUT2D eigenvalue weighted by atomic mass is 9.94. The maximum atomic E-state index is 12.4. The van der Waals surface area contributed by atoms with Crippen LogP contribution in [0, 0.1) is 3.57 Å². The molecule has 4 heteroatoms. The molecule has 2 rings (SSSR count). The predicted octanol–water partition coefficient (Wildman–Crippen LogP) is 4.07. The van der Waals surface area contributed by atoms with Gasteiger partial charge in [0, 0.05) is 27.1 Å². The molecule has 1 fully saturated rings. The van der Waals surface area contributed by atoms with Crippen LogP contribution in [0.5, 0.6) is 0 Å². The second kappa shape index (κ2) is 6.37. The van der Waals surface area contributed by atoms with Crippen molar-refractivity contribution in [3.63, 3.8) is 0 Å². The molecule has 1 saturated carbocycles. The number of hydrogen-bond donors (Lipinski definition) is 0. The zero-order valence-corrected chi connectivity index (χ0v) is 14.1. The highest BCUT2D eigenvalue weighted by Gasteiger charge is 2.29. The Kier molecular flexibility index (Phi) is 5.06. The standard InChI is InChI=1S/C14H17BrINO/c1-17(13-5-3-2-4-12(13)15)14(18)10-6-8-11(16)9-7-10/h6-9,12-13H,2-5H2,1H3. The zero-order chi connectivity index (χ0) is 13.1. The van der Waals surface area contributed by atoms with Crippen LogP contribution in [0.15, 0.2) is 24.3 Å². The first-order chi connectivity index (χ1) is 8.59. The minimum Gasteiger partial charge on any atom is -0.338 e. The van der Waals surface area contributed by atoms with Gasteiger partial charge in [-0.2, -0.15) is 0 Å². The molecule has 2 atom stereocenters. The molecule has 18 heavy (non-hydrogen) atoms. The number of nitrogens with zero attached hydrogens (tertiary/aromatic N) is 1.